The molecule has 0 spiro atoms. The third-order valence-electron chi connectivity index (χ3n) is 4.39. The van der Waals surface area contributed by atoms with Crippen LogP contribution in [0.3, 0.4) is 0 Å². The molecule has 142 valence electrons. The van der Waals surface area contributed by atoms with Gasteiger partial charge >= 0.3 is 12.2 Å². The van der Waals surface area contributed by atoms with E-state index in [4.69, 9.17) is 4.42 Å². The average Bonchev–Trinajstić information content (AvgIpc) is 2.99. The molecule has 1 aliphatic carbocycles. The number of nitrogens with zero attached hydrogens (tertiary/aromatic N) is 2. The number of aryl methyl sites for hydroxylation is 2. The predicted octanol–water partition coefficient (Wildman–Crippen LogP) is 4.18. The summed E-state index contributed by atoms with van der Waals surface area (Å²) < 4.78 is 45.8. The Morgan fingerprint density at radius 2 is 2.12 bits per heavy atom. The lowest BCUT2D eigenvalue weighted by Gasteiger charge is -2.34. The molecule has 0 saturated carbocycles. The lowest BCUT2D eigenvalue weighted by Crippen LogP contribution is -2.38. The van der Waals surface area contributed by atoms with Crippen LogP contribution < -0.4 is 10.6 Å². The number of fused-ring (bicyclic) bond motifs is 1. The van der Waals surface area contributed by atoms with Gasteiger partial charge in [-0.15, -0.1) is 0 Å². The third-order valence-corrected chi connectivity index (χ3v) is 4.39. The number of rotatable bonds is 2. The number of carbonyl (C=O) groups is 1. The highest BCUT2D eigenvalue weighted by Gasteiger charge is 2.39. The summed E-state index contributed by atoms with van der Waals surface area (Å²) >= 11 is 0. The standard InChI is InChI=1S/C17H21F3N4O2/c1-9-5-10-11(6-16(2,3)7-13(10)26-9)21-15(25)22-12-8-24(4)23-14(12)17(18,19)20/h5,8,11H,6-7H2,1-4H3,(H2,21,22,25). The molecule has 2 amide bonds. The molecule has 1 aliphatic rings. The minimum absolute atomic E-state index is 0.0966. The Morgan fingerprint density at radius 1 is 1.42 bits per heavy atom. The van der Waals surface area contributed by atoms with Gasteiger partial charge in [0.1, 0.15) is 11.5 Å². The van der Waals surface area contributed by atoms with Crippen molar-refractivity contribution in [2.24, 2.45) is 12.5 Å². The fraction of sp³-hybridized carbons (Fsp3) is 0.529. The topological polar surface area (TPSA) is 72.1 Å². The number of aromatic nitrogens is 2. The van der Waals surface area contributed by atoms with Crippen molar-refractivity contribution in [3.05, 3.63) is 35.0 Å². The zero-order valence-corrected chi connectivity index (χ0v) is 15.0. The summed E-state index contributed by atoms with van der Waals surface area (Å²) in [5.74, 6) is 1.55. The van der Waals surface area contributed by atoms with Gasteiger partial charge in [-0.25, -0.2) is 4.79 Å². The van der Waals surface area contributed by atoms with Crippen molar-refractivity contribution in [1.29, 1.82) is 0 Å². The molecule has 2 aromatic rings. The van der Waals surface area contributed by atoms with Gasteiger partial charge in [-0.3, -0.25) is 4.68 Å². The molecular formula is C17H21F3N4O2. The van der Waals surface area contributed by atoms with Crippen molar-refractivity contribution in [2.75, 3.05) is 5.32 Å². The fourth-order valence-corrected chi connectivity index (χ4v) is 3.42. The first-order valence-corrected chi connectivity index (χ1v) is 8.22. The number of hydrogen-bond donors (Lipinski definition) is 2. The molecule has 6 nitrogen and oxygen atoms in total. The molecule has 1 unspecified atom stereocenters. The van der Waals surface area contributed by atoms with Crippen LogP contribution in [0, 0.1) is 12.3 Å². The lowest BCUT2D eigenvalue weighted by molar-refractivity contribution is -0.140. The molecule has 3 rings (SSSR count). The van der Waals surface area contributed by atoms with Crippen LogP contribution in [0.15, 0.2) is 16.7 Å². The minimum atomic E-state index is -4.65. The van der Waals surface area contributed by atoms with Gasteiger partial charge in [-0.2, -0.15) is 18.3 Å². The minimum Gasteiger partial charge on any atom is -0.466 e. The zero-order valence-electron chi connectivity index (χ0n) is 15.0. The zero-order chi connectivity index (χ0) is 19.3. The highest BCUT2D eigenvalue weighted by atomic mass is 19.4. The number of halogens is 3. The lowest BCUT2D eigenvalue weighted by atomic mass is 9.75. The van der Waals surface area contributed by atoms with Crippen molar-refractivity contribution >= 4 is 11.7 Å². The van der Waals surface area contributed by atoms with Crippen LogP contribution in [-0.4, -0.2) is 15.8 Å². The van der Waals surface area contributed by atoms with Crippen molar-refractivity contribution < 1.29 is 22.4 Å². The molecule has 0 aromatic carbocycles. The van der Waals surface area contributed by atoms with E-state index in [-0.39, 0.29) is 17.1 Å². The van der Waals surface area contributed by atoms with Gasteiger partial charge in [0.05, 0.1) is 11.7 Å². The van der Waals surface area contributed by atoms with E-state index in [0.717, 1.165) is 34.4 Å². The number of hydrogen-bond acceptors (Lipinski definition) is 3. The van der Waals surface area contributed by atoms with Gasteiger partial charge < -0.3 is 15.1 Å². The Bertz CT molecular complexity index is 836. The Kier molecular flexibility index (Phi) is 4.28. The maximum atomic E-state index is 13.0. The first-order chi connectivity index (χ1) is 11.9. The molecule has 0 saturated heterocycles. The van der Waals surface area contributed by atoms with Gasteiger partial charge in [0.25, 0.3) is 0 Å². The third kappa shape index (κ3) is 3.71. The monoisotopic (exact) mass is 370 g/mol. The Balaban J connectivity index is 1.79. The van der Waals surface area contributed by atoms with Crippen LogP contribution in [0.5, 0.6) is 0 Å². The molecule has 0 radical (unpaired) electrons. The SMILES string of the molecule is Cc1cc2c(o1)CC(C)(C)CC2NC(=O)Nc1cn(C)nc1C(F)(F)F. The molecule has 0 fully saturated rings. The van der Waals surface area contributed by atoms with Crippen molar-refractivity contribution in [3.63, 3.8) is 0 Å². The Morgan fingerprint density at radius 3 is 2.77 bits per heavy atom. The fourth-order valence-electron chi connectivity index (χ4n) is 3.42. The Labute approximate surface area is 148 Å². The van der Waals surface area contributed by atoms with E-state index in [2.05, 4.69) is 29.6 Å². The van der Waals surface area contributed by atoms with Crippen molar-refractivity contribution in [1.82, 2.24) is 15.1 Å². The summed E-state index contributed by atoms with van der Waals surface area (Å²) in [4.78, 5) is 12.3. The van der Waals surface area contributed by atoms with Crippen molar-refractivity contribution in [2.45, 2.75) is 45.8 Å². The summed E-state index contributed by atoms with van der Waals surface area (Å²) in [6, 6.07) is 0.814. The molecular weight excluding hydrogens is 349 g/mol. The number of amides is 2. The molecule has 0 bridgehead atoms. The number of carbonyl (C=O) groups excluding carboxylic acids is 1. The quantitative estimate of drug-likeness (QED) is 0.833. The van der Waals surface area contributed by atoms with Crippen LogP contribution in [0.25, 0.3) is 0 Å². The molecule has 9 heteroatoms. The molecule has 2 aromatic heterocycles. The maximum Gasteiger partial charge on any atom is 0.437 e. The Hall–Kier alpha value is -2.45. The first kappa shape index (κ1) is 18.3. The van der Waals surface area contributed by atoms with Gasteiger partial charge in [-0.05, 0) is 24.8 Å². The van der Waals surface area contributed by atoms with Crippen LogP contribution in [-0.2, 0) is 19.6 Å². The van der Waals surface area contributed by atoms with E-state index < -0.39 is 17.9 Å². The van der Waals surface area contributed by atoms with E-state index >= 15 is 0 Å². The number of alkyl halides is 3. The first-order valence-electron chi connectivity index (χ1n) is 8.22. The highest BCUT2D eigenvalue weighted by Crippen LogP contribution is 2.42. The average molecular weight is 370 g/mol. The van der Waals surface area contributed by atoms with Crippen molar-refractivity contribution in [3.8, 4) is 0 Å². The van der Waals surface area contributed by atoms with E-state index in [1.54, 1.807) is 0 Å². The maximum absolute atomic E-state index is 13.0. The number of furan rings is 1. The largest absolute Gasteiger partial charge is 0.466 e. The van der Waals surface area contributed by atoms with E-state index in [1.165, 1.54) is 7.05 Å². The van der Waals surface area contributed by atoms with Gasteiger partial charge in [-0.1, -0.05) is 13.8 Å². The molecule has 1 atom stereocenters. The van der Waals surface area contributed by atoms with E-state index in [0.29, 0.717) is 6.42 Å². The summed E-state index contributed by atoms with van der Waals surface area (Å²) in [7, 11) is 1.36. The normalized spacial score (nSPS) is 19.1. The molecule has 2 N–H and O–H groups in total. The summed E-state index contributed by atoms with van der Waals surface area (Å²) in [5.41, 5.74) is -0.727. The molecule has 26 heavy (non-hydrogen) atoms. The second kappa shape index (κ2) is 6.07. The van der Waals surface area contributed by atoms with Crippen LogP contribution in [0.1, 0.15) is 49.1 Å². The molecule has 2 heterocycles. The highest BCUT2D eigenvalue weighted by molar-refractivity contribution is 5.90. The predicted molar refractivity (Wildman–Crippen MR) is 88.7 cm³/mol. The van der Waals surface area contributed by atoms with E-state index in [9.17, 15) is 18.0 Å². The molecule has 0 aliphatic heterocycles. The smallest absolute Gasteiger partial charge is 0.437 e. The number of urea groups is 1. The van der Waals surface area contributed by atoms with Crippen LogP contribution in [0.4, 0.5) is 23.7 Å². The summed E-state index contributed by atoms with van der Waals surface area (Å²) in [5, 5.41) is 8.41. The van der Waals surface area contributed by atoms with Gasteiger partial charge in [0.2, 0.25) is 0 Å². The summed E-state index contributed by atoms with van der Waals surface area (Å²) in [6.07, 6.45) is -2.12. The summed E-state index contributed by atoms with van der Waals surface area (Å²) in [6.45, 7) is 5.94. The van der Waals surface area contributed by atoms with Crippen LogP contribution >= 0.6 is 0 Å². The second-order valence-electron chi connectivity index (χ2n) is 7.49. The van der Waals surface area contributed by atoms with Crippen LogP contribution in [0.2, 0.25) is 0 Å². The van der Waals surface area contributed by atoms with Gasteiger partial charge in [0.15, 0.2) is 5.69 Å². The number of nitrogens with one attached hydrogen (secondary N) is 2. The van der Waals surface area contributed by atoms with E-state index in [1.807, 2.05) is 13.0 Å². The van der Waals surface area contributed by atoms with Gasteiger partial charge in [0, 0.05) is 25.2 Å². The second-order valence-corrected chi connectivity index (χ2v) is 7.49. The number of anilines is 1.